The number of piperidine rings is 1. The van der Waals surface area contributed by atoms with Gasteiger partial charge in [0.25, 0.3) is 0 Å². The second kappa shape index (κ2) is 6.47. The Bertz CT molecular complexity index is 698. The smallest absolute Gasteiger partial charge is 0.0627 e. The van der Waals surface area contributed by atoms with Gasteiger partial charge in [0.05, 0.1) is 10.0 Å². The molecule has 0 bridgehead atoms. The number of fused-ring (bicyclic) bond motifs is 3. The van der Waals surface area contributed by atoms with Crippen LogP contribution in [0.2, 0.25) is 10.0 Å². The molecule has 2 aromatic rings. The van der Waals surface area contributed by atoms with Gasteiger partial charge in [-0.15, -0.1) is 0 Å². The van der Waals surface area contributed by atoms with Crippen molar-refractivity contribution < 1.29 is 0 Å². The molecule has 1 nitrogen and oxygen atoms in total. The summed E-state index contributed by atoms with van der Waals surface area (Å²) in [6.45, 7) is 2.26. The Balaban J connectivity index is 1.62. The van der Waals surface area contributed by atoms with Crippen LogP contribution in [0.1, 0.15) is 41.9 Å². The van der Waals surface area contributed by atoms with E-state index in [0.717, 1.165) is 18.0 Å². The molecule has 1 fully saturated rings. The molecule has 23 heavy (non-hydrogen) atoms. The second-order valence-electron chi connectivity index (χ2n) is 6.74. The first kappa shape index (κ1) is 15.5. The molecule has 0 radical (unpaired) electrons. The lowest BCUT2D eigenvalue weighted by Crippen LogP contribution is -2.45. The lowest BCUT2D eigenvalue weighted by atomic mass is 9.74. The molecule has 3 heteroatoms. The SMILES string of the molecule is Clc1ccc2c(c1Cl)CCC1C2CCCN1Cc1ccccc1. The molecule has 0 aromatic heterocycles. The van der Waals surface area contributed by atoms with Gasteiger partial charge in [0.15, 0.2) is 0 Å². The van der Waals surface area contributed by atoms with Crippen LogP contribution >= 0.6 is 23.2 Å². The van der Waals surface area contributed by atoms with Crippen molar-refractivity contribution in [1.82, 2.24) is 4.90 Å². The molecule has 0 saturated carbocycles. The van der Waals surface area contributed by atoms with Crippen molar-refractivity contribution in [2.75, 3.05) is 6.54 Å². The van der Waals surface area contributed by atoms with Crippen LogP contribution < -0.4 is 0 Å². The molecule has 4 rings (SSSR count). The third kappa shape index (κ3) is 2.91. The quantitative estimate of drug-likeness (QED) is 0.675. The van der Waals surface area contributed by atoms with E-state index in [1.165, 1.54) is 42.5 Å². The molecule has 120 valence electrons. The number of hydrogen-bond acceptors (Lipinski definition) is 1. The zero-order valence-corrected chi connectivity index (χ0v) is 14.7. The number of rotatable bonds is 2. The molecule has 0 amide bonds. The van der Waals surface area contributed by atoms with Crippen LogP contribution in [-0.2, 0) is 13.0 Å². The molecule has 0 spiro atoms. The van der Waals surface area contributed by atoms with Crippen LogP contribution in [0.15, 0.2) is 42.5 Å². The van der Waals surface area contributed by atoms with E-state index in [0.29, 0.717) is 17.0 Å². The Morgan fingerprint density at radius 2 is 1.83 bits per heavy atom. The molecule has 1 saturated heterocycles. The molecule has 0 N–H and O–H groups in total. The minimum absolute atomic E-state index is 0.603. The van der Waals surface area contributed by atoms with E-state index in [1.54, 1.807) is 0 Å². The van der Waals surface area contributed by atoms with E-state index < -0.39 is 0 Å². The molecular weight excluding hydrogens is 325 g/mol. The lowest BCUT2D eigenvalue weighted by molar-refractivity contribution is 0.105. The fourth-order valence-electron chi connectivity index (χ4n) is 4.39. The van der Waals surface area contributed by atoms with E-state index in [9.17, 15) is 0 Å². The van der Waals surface area contributed by atoms with Crippen molar-refractivity contribution in [3.05, 3.63) is 69.2 Å². The fourth-order valence-corrected chi connectivity index (χ4v) is 4.83. The summed E-state index contributed by atoms with van der Waals surface area (Å²) < 4.78 is 0. The summed E-state index contributed by atoms with van der Waals surface area (Å²) in [7, 11) is 0. The van der Waals surface area contributed by atoms with Gasteiger partial charge in [0.1, 0.15) is 0 Å². The number of likely N-dealkylation sites (tertiary alicyclic amines) is 1. The first-order valence-corrected chi connectivity index (χ1v) is 9.24. The summed E-state index contributed by atoms with van der Waals surface area (Å²) in [5.74, 6) is 0.603. The zero-order valence-electron chi connectivity index (χ0n) is 13.1. The van der Waals surface area contributed by atoms with E-state index in [1.807, 2.05) is 6.07 Å². The van der Waals surface area contributed by atoms with Gasteiger partial charge in [-0.3, -0.25) is 4.90 Å². The minimum Gasteiger partial charge on any atom is -0.296 e. The van der Waals surface area contributed by atoms with E-state index in [4.69, 9.17) is 23.2 Å². The number of benzene rings is 2. The lowest BCUT2D eigenvalue weighted by Gasteiger charge is -2.45. The van der Waals surface area contributed by atoms with Gasteiger partial charge < -0.3 is 0 Å². The Morgan fingerprint density at radius 1 is 1.00 bits per heavy atom. The van der Waals surface area contributed by atoms with Crippen molar-refractivity contribution in [1.29, 1.82) is 0 Å². The number of hydrogen-bond donors (Lipinski definition) is 0. The second-order valence-corrected chi connectivity index (χ2v) is 7.53. The van der Waals surface area contributed by atoms with Gasteiger partial charge in [-0.2, -0.15) is 0 Å². The van der Waals surface area contributed by atoms with Gasteiger partial charge in [0, 0.05) is 12.6 Å². The van der Waals surface area contributed by atoms with E-state index >= 15 is 0 Å². The van der Waals surface area contributed by atoms with Crippen LogP contribution in [0.3, 0.4) is 0 Å². The maximum atomic E-state index is 6.46. The topological polar surface area (TPSA) is 3.24 Å². The summed E-state index contributed by atoms with van der Waals surface area (Å²) in [5, 5.41) is 1.48. The number of nitrogens with zero attached hydrogens (tertiary/aromatic N) is 1. The highest BCUT2D eigenvalue weighted by atomic mass is 35.5. The Morgan fingerprint density at radius 3 is 2.65 bits per heavy atom. The van der Waals surface area contributed by atoms with Crippen LogP contribution in [0.4, 0.5) is 0 Å². The first-order valence-electron chi connectivity index (χ1n) is 8.49. The normalized spacial score (nSPS) is 24.1. The summed E-state index contributed by atoms with van der Waals surface area (Å²) >= 11 is 12.7. The maximum Gasteiger partial charge on any atom is 0.0627 e. The van der Waals surface area contributed by atoms with E-state index in [-0.39, 0.29) is 0 Å². The molecule has 1 heterocycles. The molecule has 1 aliphatic heterocycles. The van der Waals surface area contributed by atoms with Crippen molar-refractivity contribution in [2.45, 2.75) is 44.2 Å². The average molecular weight is 346 g/mol. The summed E-state index contributed by atoms with van der Waals surface area (Å²) in [6, 6.07) is 15.6. The van der Waals surface area contributed by atoms with Gasteiger partial charge >= 0.3 is 0 Å². The predicted octanol–water partition coefficient (Wildman–Crippen LogP) is 5.69. The van der Waals surface area contributed by atoms with Crippen molar-refractivity contribution >= 4 is 23.2 Å². The molecular formula is C20H21Cl2N. The van der Waals surface area contributed by atoms with Gasteiger partial charge in [0.2, 0.25) is 0 Å². The highest BCUT2D eigenvalue weighted by molar-refractivity contribution is 6.42. The standard InChI is InChI=1S/C20H21Cl2N/c21-18-10-8-15-16-7-4-12-23(13-14-5-2-1-3-6-14)19(16)11-9-17(15)20(18)22/h1-3,5-6,8,10,16,19H,4,7,9,11-13H2. The summed E-state index contributed by atoms with van der Waals surface area (Å²) in [6.07, 6.45) is 4.75. The summed E-state index contributed by atoms with van der Waals surface area (Å²) in [5.41, 5.74) is 4.14. The van der Waals surface area contributed by atoms with Gasteiger partial charge in [-0.05, 0) is 60.9 Å². The number of halogens is 2. The largest absolute Gasteiger partial charge is 0.296 e. The van der Waals surface area contributed by atoms with E-state index in [2.05, 4.69) is 41.3 Å². The minimum atomic E-state index is 0.603. The third-order valence-corrected chi connectivity index (χ3v) is 6.29. The van der Waals surface area contributed by atoms with Gasteiger partial charge in [-0.25, -0.2) is 0 Å². The Hall–Kier alpha value is -1.02. The average Bonchev–Trinajstić information content (AvgIpc) is 2.59. The summed E-state index contributed by atoms with van der Waals surface area (Å²) in [4.78, 5) is 2.68. The third-order valence-electron chi connectivity index (χ3n) is 5.44. The van der Waals surface area contributed by atoms with Crippen LogP contribution in [0, 0.1) is 0 Å². The van der Waals surface area contributed by atoms with Gasteiger partial charge in [-0.1, -0.05) is 59.6 Å². The highest BCUT2D eigenvalue weighted by Gasteiger charge is 2.37. The molecule has 2 aliphatic rings. The molecule has 1 aliphatic carbocycles. The Kier molecular flexibility index (Phi) is 4.36. The first-order chi connectivity index (χ1) is 11.2. The predicted molar refractivity (Wildman–Crippen MR) is 97.4 cm³/mol. The van der Waals surface area contributed by atoms with Crippen molar-refractivity contribution in [3.63, 3.8) is 0 Å². The van der Waals surface area contributed by atoms with Crippen molar-refractivity contribution in [2.24, 2.45) is 0 Å². The van der Waals surface area contributed by atoms with Crippen LogP contribution in [0.25, 0.3) is 0 Å². The van der Waals surface area contributed by atoms with Crippen LogP contribution in [-0.4, -0.2) is 17.5 Å². The Labute approximate surface area is 148 Å². The monoisotopic (exact) mass is 345 g/mol. The van der Waals surface area contributed by atoms with Crippen molar-refractivity contribution in [3.8, 4) is 0 Å². The zero-order chi connectivity index (χ0) is 15.8. The molecule has 2 aromatic carbocycles. The molecule has 2 unspecified atom stereocenters. The highest BCUT2D eigenvalue weighted by Crippen LogP contribution is 2.44. The van der Waals surface area contributed by atoms with Crippen LogP contribution in [0.5, 0.6) is 0 Å². The fraction of sp³-hybridized carbons (Fsp3) is 0.400. The molecule has 2 atom stereocenters. The maximum absolute atomic E-state index is 6.46.